The Morgan fingerprint density at radius 3 is 2.86 bits per heavy atom. The summed E-state index contributed by atoms with van der Waals surface area (Å²) < 4.78 is 0. The van der Waals surface area contributed by atoms with E-state index in [0.29, 0.717) is 12.0 Å². The molecule has 0 spiro atoms. The van der Waals surface area contributed by atoms with Crippen LogP contribution in [0.2, 0.25) is 0 Å². The summed E-state index contributed by atoms with van der Waals surface area (Å²) in [5.74, 6) is 0.648. The monoisotopic (exact) mass is 306 g/mol. The van der Waals surface area contributed by atoms with Gasteiger partial charge < -0.3 is 5.32 Å². The summed E-state index contributed by atoms with van der Waals surface area (Å²) >= 11 is 2.01. The molecule has 3 saturated heterocycles. The summed E-state index contributed by atoms with van der Waals surface area (Å²) in [7, 11) is 0. The molecule has 1 aromatic rings. The first-order chi connectivity index (χ1) is 10.3. The van der Waals surface area contributed by atoms with Crippen LogP contribution in [0.15, 0.2) is 0 Å². The maximum atomic E-state index is 5.14. The summed E-state index contributed by atoms with van der Waals surface area (Å²) in [5, 5.41) is 4.92. The average molecular weight is 306 g/mol. The molecule has 0 aromatic carbocycles. The molecule has 1 aromatic heterocycles. The number of thiazole rings is 1. The zero-order valence-electron chi connectivity index (χ0n) is 13.0. The summed E-state index contributed by atoms with van der Waals surface area (Å²) in [4.78, 5) is 12.0. The van der Waals surface area contributed by atoms with E-state index in [4.69, 9.17) is 4.98 Å². The second kappa shape index (κ2) is 5.95. The smallest absolute Gasteiger partial charge is 0.112 e. The van der Waals surface area contributed by atoms with Crippen LogP contribution in [0.3, 0.4) is 0 Å². The third-order valence-corrected chi connectivity index (χ3v) is 6.52. The van der Waals surface area contributed by atoms with Crippen LogP contribution in [0.25, 0.3) is 0 Å². The average Bonchev–Trinajstić information content (AvgIpc) is 2.98. The largest absolute Gasteiger partial charge is 0.316 e. The fourth-order valence-corrected chi connectivity index (χ4v) is 5.36. The van der Waals surface area contributed by atoms with Gasteiger partial charge in [-0.1, -0.05) is 6.92 Å². The van der Waals surface area contributed by atoms with Crippen LogP contribution in [0, 0.1) is 0 Å². The van der Waals surface area contributed by atoms with E-state index in [2.05, 4.69) is 22.0 Å². The van der Waals surface area contributed by atoms with E-state index >= 15 is 0 Å². The summed E-state index contributed by atoms with van der Waals surface area (Å²) in [6.07, 6.45) is 3.90. The Bertz CT molecular complexity index is 492. The predicted molar refractivity (Wildman–Crippen MR) is 87.1 cm³/mol. The van der Waals surface area contributed by atoms with E-state index < -0.39 is 0 Å². The second-order valence-electron chi connectivity index (χ2n) is 6.61. The number of hydrogen-bond acceptors (Lipinski definition) is 5. The van der Waals surface area contributed by atoms with Crippen LogP contribution in [-0.2, 0) is 6.42 Å². The van der Waals surface area contributed by atoms with Crippen molar-refractivity contribution in [1.29, 1.82) is 0 Å². The van der Waals surface area contributed by atoms with Crippen molar-refractivity contribution >= 4 is 11.3 Å². The van der Waals surface area contributed by atoms with Crippen LogP contribution in [0.5, 0.6) is 0 Å². The number of nitrogens with one attached hydrogen (secondary N) is 1. The van der Waals surface area contributed by atoms with Gasteiger partial charge in [-0.15, -0.1) is 11.3 Å². The highest BCUT2D eigenvalue weighted by Gasteiger charge is 2.36. The molecule has 0 amide bonds. The number of hydrogen-bond donors (Lipinski definition) is 1. The molecule has 0 radical (unpaired) electrons. The molecule has 3 aliphatic heterocycles. The van der Waals surface area contributed by atoms with Gasteiger partial charge in [-0.25, -0.2) is 4.98 Å². The third-order valence-electron chi connectivity index (χ3n) is 5.29. The van der Waals surface area contributed by atoms with E-state index in [1.807, 2.05) is 11.3 Å². The van der Waals surface area contributed by atoms with Gasteiger partial charge >= 0.3 is 0 Å². The van der Waals surface area contributed by atoms with E-state index in [1.54, 1.807) is 4.88 Å². The van der Waals surface area contributed by atoms with E-state index in [-0.39, 0.29) is 0 Å². The van der Waals surface area contributed by atoms with Gasteiger partial charge in [0.1, 0.15) is 5.01 Å². The number of rotatable bonds is 4. The number of piperazine rings is 3. The van der Waals surface area contributed by atoms with Gasteiger partial charge in [-0.05, 0) is 25.8 Å². The van der Waals surface area contributed by atoms with Gasteiger partial charge in [0.25, 0.3) is 0 Å². The lowest BCUT2D eigenvalue weighted by molar-refractivity contribution is 0.0122. The SMILES string of the molecule is CCNCC1CCCc2sc(C3CN4CCN3CC4)nc21. The minimum absolute atomic E-state index is 0.572. The first-order valence-corrected chi connectivity index (χ1v) is 9.33. The molecular weight excluding hydrogens is 280 g/mol. The number of nitrogens with zero attached hydrogens (tertiary/aromatic N) is 3. The number of likely N-dealkylation sites (N-methyl/N-ethyl adjacent to an activating group) is 1. The topological polar surface area (TPSA) is 31.4 Å². The summed E-state index contributed by atoms with van der Waals surface area (Å²) in [6.45, 7) is 10.5. The number of fused-ring (bicyclic) bond motifs is 4. The molecule has 2 atom stereocenters. The Morgan fingerprint density at radius 1 is 1.29 bits per heavy atom. The fraction of sp³-hybridized carbons (Fsp3) is 0.812. The quantitative estimate of drug-likeness (QED) is 0.920. The van der Waals surface area contributed by atoms with E-state index in [9.17, 15) is 0 Å². The molecule has 4 nitrogen and oxygen atoms in total. The molecule has 116 valence electrons. The molecule has 1 aliphatic carbocycles. The molecule has 2 bridgehead atoms. The highest BCUT2D eigenvalue weighted by molar-refractivity contribution is 7.11. The highest BCUT2D eigenvalue weighted by atomic mass is 32.1. The second-order valence-corrected chi connectivity index (χ2v) is 7.72. The lowest BCUT2D eigenvalue weighted by atomic mass is 9.91. The van der Waals surface area contributed by atoms with Gasteiger partial charge in [0.05, 0.1) is 11.7 Å². The molecule has 5 rings (SSSR count). The number of aryl methyl sites for hydroxylation is 1. The fourth-order valence-electron chi connectivity index (χ4n) is 4.04. The van der Waals surface area contributed by atoms with Crippen LogP contribution in [0.4, 0.5) is 0 Å². The van der Waals surface area contributed by atoms with Crippen molar-refractivity contribution in [1.82, 2.24) is 20.1 Å². The first-order valence-electron chi connectivity index (χ1n) is 8.51. The van der Waals surface area contributed by atoms with Crippen LogP contribution in [0.1, 0.15) is 47.3 Å². The maximum absolute atomic E-state index is 5.14. The number of aromatic nitrogens is 1. The minimum atomic E-state index is 0.572. The Labute approximate surface area is 131 Å². The standard InChI is InChI=1S/C16H26N4S/c1-2-17-10-12-4-3-5-14-15(12)18-16(21-14)13-11-19-6-8-20(13)9-7-19/h12-13,17H,2-11H2,1H3. The van der Waals surface area contributed by atoms with Crippen molar-refractivity contribution in [3.8, 4) is 0 Å². The van der Waals surface area contributed by atoms with E-state index in [1.165, 1.54) is 62.7 Å². The first kappa shape index (κ1) is 14.1. The molecular formula is C16H26N4S. The van der Waals surface area contributed by atoms with Crippen LogP contribution < -0.4 is 5.32 Å². The molecule has 3 fully saturated rings. The highest BCUT2D eigenvalue weighted by Crippen LogP contribution is 2.39. The molecule has 0 saturated carbocycles. The van der Waals surface area contributed by atoms with Crippen molar-refractivity contribution in [3.05, 3.63) is 15.6 Å². The van der Waals surface area contributed by atoms with Gasteiger partial charge in [-0.2, -0.15) is 0 Å². The Kier molecular flexibility index (Phi) is 4.00. The van der Waals surface area contributed by atoms with Gasteiger partial charge in [-0.3, -0.25) is 9.80 Å². The van der Waals surface area contributed by atoms with Crippen molar-refractivity contribution in [3.63, 3.8) is 0 Å². The third kappa shape index (κ3) is 2.65. The minimum Gasteiger partial charge on any atom is -0.316 e. The molecule has 4 aliphatic rings. The zero-order valence-corrected chi connectivity index (χ0v) is 13.8. The molecule has 1 N–H and O–H groups in total. The lowest BCUT2D eigenvalue weighted by Crippen LogP contribution is -2.56. The lowest BCUT2D eigenvalue weighted by Gasteiger charge is -2.46. The van der Waals surface area contributed by atoms with Crippen LogP contribution in [-0.4, -0.2) is 60.6 Å². The van der Waals surface area contributed by atoms with Gasteiger partial charge in [0.15, 0.2) is 0 Å². The van der Waals surface area contributed by atoms with Crippen molar-refractivity contribution in [2.45, 2.75) is 38.1 Å². The van der Waals surface area contributed by atoms with Crippen molar-refractivity contribution in [2.75, 3.05) is 45.8 Å². The van der Waals surface area contributed by atoms with Gasteiger partial charge in [0, 0.05) is 50.1 Å². The Hall–Kier alpha value is -0.490. The normalized spacial score (nSPS) is 34.9. The van der Waals surface area contributed by atoms with E-state index in [0.717, 1.165) is 13.1 Å². The maximum Gasteiger partial charge on any atom is 0.112 e. The van der Waals surface area contributed by atoms with Gasteiger partial charge in [0.2, 0.25) is 0 Å². The summed E-state index contributed by atoms with van der Waals surface area (Å²) in [5.41, 5.74) is 1.43. The zero-order chi connectivity index (χ0) is 14.2. The molecule has 5 heteroatoms. The molecule has 4 heterocycles. The Morgan fingerprint density at radius 2 is 2.14 bits per heavy atom. The van der Waals surface area contributed by atoms with Crippen molar-refractivity contribution in [2.24, 2.45) is 0 Å². The van der Waals surface area contributed by atoms with Crippen molar-refractivity contribution < 1.29 is 0 Å². The molecule has 21 heavy (non-hydrogen) atoms. The van der Waals surface area contributed by atoms with Crippen LogP contribution >= 0.6 is 11.3 Å². The molecule has 2 unspecified atom stereocenters. The predicted octanol–water partition coefficient (Wildman–Crippen LogP) is 1.84. The Balaban J connectivity index is 1.56. The summed E-state index contributed by atoms with van der Waals surface area (Å²) in [6, 6.07) is 0.572.